The molecule has 0 bridgehead atoms. The van der Waals surface area contributed by atoms with Gasteiger partial charge in [-0.05, 0) is 18.2 Å². The van der Waals surface area contributed by atoms with Crippen LogP contribution in [-0.2, 0) is 9.59 Å². The third-order valence-electron chi connectivity index (χ3n) is 3.29. The maximum Gasteiger partial charge on any atom is 0.307 e. The van der Waals surface area contributed by atoms with Gasteiger partial charge < -0.3 is 14.8 Å². The van der Waals surface area contributed by atoms with Crippen molar-refractivity contribution < 1.29 is 19.1 Å². The van der Waals surface area contributed by atoms with Gasteiger partial charge in [0.1, 0.15) is 0 Å². The Bertz CT molecular complexity index is 639. The van der Waals surface area contributed by atoms with Crippen LogP contribution in [0.5, 0.6) is 0 Å². The van der Waals surface area contributed by atoms with Crippen molar-refractivity contribution in [3.8, 4) is 11.5 Å². The molecular weight excluding hydrogens is 274 g/mol. The minimum Gasteiger partial charge on any atom is -0.481 e. The van der Waals surface area contributed by atoms with E-state index in [-0.39, 0.29) is 5.91 Å². The summed E-state index contributed by atoms with van der Waals surface area (Å²) in [5, 5.41) is 19.0. The van der Waals surface area contributed by atoms with Crippen LogP contribution in [0, 0.1) is 11.8 Å². The van der Waals surface area contributed by atoms with E-state index in [0.717, 1.165) is 0 Å². The topological polar surface area (TPSA) is 105 Å². The summed E-state index contributed by atoms with van der Waals surface area (Å²) in [7, 11) is 0. The van der Waals surface area contributed by atoms with Crippen molar-refractivity contribution in [2.45, 2.75) is 13.8 Å². The summed E-state index contributed by atoms with van der Waals surface area (Å²) in [6.45, 7) is 3.08. The summed E-state index contributed by atoms with van der Waals surface area (Å²) < 4.78 is 5.08. The summed E-state index contributed by atoms with van der Waals surface area (Å²) in [4.78, 5) is 22.9. The van der Waals surface area contributed by atoms with E-state index in [1.807, 2.05) is 0 Å². The number of carbonyl (C=O) groups excluding carboxylic acids is 1. The SMILES string of the molecule is CC(C(=O)O)C(C)C(=O)Nc1cccc(-c2nnco2)c1. The van der Waals surface area contributed by atoms with E-state index in [1.165, 1.54) is 13.3 Å². The molecular formula is C14H15N3O4. The number of benzene rings is 1. The van der Waals surface area contributed by atoms with Gasteiger partial charge in [0.2, 0.25) is 18.2 Å². The van der Waals surface area contributed by atoms with E-state index in [9.17, 15) is 9.59 Å². The Morgan fingerprint density at radius 3 is 2.67 bits per heavy atom. The highest BCUT2D eigenvalue weighted by Crippen LogP contribution is 2.21. The molecule has 0 radical (unpaired) electrons. The second-order valence-corrected chi connectivity index (χ2v) is 4.73. The maximum absolute atomic E-state index is 12.0. The quantitative estimate of drug-likeness (QED) is 0.872. The molecule has 7 nitrogen and oxygen atoms in total. The first kappa shape index (κ1) is 14.7. The summed E-state index contributed by atoms with van der Waals surface area (Å²) in [5.74, 6) is -2.42. The van der Waals surface area contributed by atoms with Crippen molar-refractivity contribution >= 4 is 17.6 Å². The molecule has 110 valence electrons. The van der Waals surface area contributed by atoms with E-state index in [4.69, 9.17) is 9.52 Å². The summed E-state index contributed by atoms with van der Waals surface area (Å²) in [6.07, 6.45) is 1.22. The van der Waals surface area contributed by atoms with Gasteiger partial charge in [0.05, 0.1) is 5.92 Å². The van der Waals surface area contributed by atoms with E-state index in [2.05, 4.69) is 15.5 Å². The second kappa shape index (κ2) is 6.17. The Morgan fingerprint density at radius 1 is 1.29 bits per heavy atom. The number of carboxylic acids is 1. The number of nitrogens with zero attached hydrogens (tertiary/aromatic N) is 2. The lowest BCUT2D eigenvalue weighted by Gasteiger charge is -2.15. The van der Waals surface area contributed by atoms with Crippen LogP contribution >= 0.6 is 0 Å². The molecule has 21 heavy (non-hydrogen) atoms. The van der Waals surface area contributed by atoms with Crippen molar-refractivity contribution in [2.75, 3.05) is 5.32 Å². The smallest absolute Gasteiger partial charge is 0.307 e. The number of hydrogen-bond acceptors (Lipinski definition) is 5. The number of hydrogen-bond donors (Lipinski definition) is 2. The number of carboxylic acid groups (broad SMARTS) is 1. The lowest BCUT2D eigenvalue weighted by atomic mass is 9.95. The fraction of sp³-hybridized carbons (Fsp3) is 0.286. The van der Waals surface area contributed by atoms with Gasteiger partial charge in [0.15, 0.2) is 0 Å². The standard InChI is InChI=1S/C14H15N3O4/c1-8(9(2)14(19)20)12(18)16-11-5-3-4-10(6-11)13-17-15-7-21-13/h3-9H,1-2H3,(H,16,18)(H,19,20). The normalized spacial score (nSPS) is 13.4. The number of rotatable bonds is 5. The minimum absolute atomic E-state index is 0.345. The largest absolute Gasteiger partial charge is 0.481 e. The van der Waals surface area contributed by atoms with Crippen molar-refractivity contribution in [1.29, 1.82) is 0 Å². The summed E-state index contributed by atoms with van der Waals surface area (Å²) >= 11 is 0. The molecule has 2 rings (SSSR count). The molecule has 0 aliphatic rings. The van der Waals surface area contributed by atoms with Crippen LogP contribution in [0.2, 0.25) is 0 Å². The summed E-state index contributed by atoms with van der Waals surface area (Å²) in [6, 6.07) is 6.90. The predicted molar refractivity (Wildman–Crippen MR) is 74.3 cm³/mol. The van der Waals surface area contributed by atoms with Crippen LogP contribution in [0.1, 0.15) is 13.8 Å². The highest BCUT2D eigenvalue weighted by atomic mass is 16.4. The first-order chi connectivity index (χ1) is 9.99. The Kier molecular flexibility index (Phi) is 4.32. The Hall–Kier alpha value is -2.70. The van der Waals surface area contributed by atoms with Gasteiger partial charge in [-0.15, -0.1) is 10.2 Å². The lowest BCUT2D eigenvalue weighted by Crippen LogP contribution is -2.29. The summed E-state index contributed by atoms with van der Waals surface area (Å²) in [5.41, 5.74) is 1.21. The average molecular weight is 289 g/mol. The van der Waals surface area contributed by atoms with Crippen LogP contribution in [-0.4, -0.2) is 27.2 Å². The molecule has 0 aliphatic carbocycles. The van der Waals surface area contributed by atoms with E-state index in [0.29, 0.717) is 17.1 Å². The third kappa shape index (κ3) is 3.44. The van der Waals surface area contributed by atoms with Crippen molar-refractivity contribution in [1.82, 2.24) is 10.2 Å². The monoisotopic (exact) mass is 289 g/mol. The van der Waals surface area contributed by atoms with Gasteiger partial charge in [0.25, 0.3) is 0 Å². The van der Waals surface area contributed by atoms with Crippen LogP contribution < -0.4 is 5.32 Å². The lowest BCUT2D eigenvalue weighted by molar-refractivity contribution is -0.145. The van der Waals surface area contributed by atoms with Crippen LogP contribution in [0.4, 0.5) is 5.69 Å². The molecule has 0 fully saturated rings. The molecule has 2 aromatic rings. The van der Waals surface area contributed by atoms with E-state index >= 15 is 0 Å². The average Bonchev–Trinajstić information content (AvgIpc) is 3.00. The van der Waals surface area contributed by atoms with Gasteiger partial charge in [-0.25, -0.2) is 0 Å². The zero-order valence-corrected chi connectivity index (χ0v) is 11.6. The first-order valence-electron chi connectivity index (χ1n) is 6.39. The molecule has 0 saturated carbocycles. The number of anilines is 1. The maximum atomic E-state index is 12.0. The molecule has 0 aliphatic heterocycles. The van der Waals surface area contributed by atoms with Crippen molar-refractivity contribution in [3.63, 3.8) is 0 Å². The highest BCUT2D eigenvalue weighted by Gasteiger charge is 2.25. The predicted octanol–water partition coefficient (Wildman–Crippen LogP) is 2.03. The highest BCUT2D eigenvalue weighted by molar-refractivity contribution is 5.95. The molecule has 7 heteroatoms. The van der Waals surface area contributed by atoms with Gasteiger partial charge >= 0.3 is 5.97 Å². The van der Waals surface area contributed by atoms with Gasteiger partial charge in [0, 0.05) is 17.2 Å². The van der Waals surface area contributed by atoms with Crippen LogP contribution in [0.25, 0.3) is 11.5 Å². The number of nitrogens with one attached hydrogen (secondary N) is 1. The fourth-order valence-corrected chi connectivity index (χ4v) is 1.73. The first-order valence-corrected chi connectivity index (χ1v) is 6.39. The number of amides is 1. The third-order valence-corrected chi connectivity index (χ3v) is 3.29. The molecule has 1 amide bonds. The molecule has 1 aromatic heterocycles. The molecule has 2 atom stereocenters. The van der Waals surface area contributed by atoms with Gasteiger partial charge in [-0.1, -0.05) is 19.9 Å². The number of aromatic nitrogens is 2. The zero-order chi connectivity index (χ0) is 15.4. The van der Waals surface area contributed by atoms with E-state index in [1.54, 1.807) is 31.2 Å². The molecule has 0 spiro atoms. The van der Waals surface area contributed by atoms with Crippen LogP contribution in [0.15, 0.2) is 35.1 Å². The Morgan fingerprint density at radius 2 is 2.05 bits per heavy atom. The minimum atomic E-state index is -1.00. The van der Waals surface area contributed by atoms with E-state index < -0.39 is 17.8 Å². The molecule has 2 unspecified atom stereocenters. The Labute approximate surface area is 121 Å². The number of carbonyl (C=O) groups is 2. The van der Waals surface area contributed by atoms with Crippen molar-refractivity contribution in [2.24, 2.45) is 11.8 Å². The molecule has 2 N–H and O–H groups in total. The Balaban J connectivity index is 2.11. The van der Waals surface area contributed by atoms with Gasteiger partial charge in [-0.3, -0.25) is 9.59 Å². The second-order valence-electron chi connectivity index (χ2n) is 4.73. The molecule has 1 aromatic carbocycles. The number of aliphatic carboxylic acids is 1. The fourth-order valence-electron chi connectivity index (χ4n) is 1.73. The van der Waals surface area contributed by atoms with Crippen molar-refractivity contribution in [3.05, 3.63) is 30.7 Å². The van der Waals surface area contributed by atoms with Crippen LogP contribution in [0.3, 0.4) is 0 Å². The van der Waals surface area contributed by atoms with Gasteiger partial charge in [-0.2, -0.15) is 0 Å². The zero-order valence-electron chi connectivity index (χ0n) is 11.6. The molecule has 0 saturated heterocycles. The molecule has 1 heterocycles.